The minimum Gasteiger partial charge on any atom is -0.326 e. The average molecular weight is 212 g/mol. The number of carbonyl (C=O) groups is 1. The Labute approximate surface area is 94.1 Å². The standard InChI is InChI=1S/C13H12N2O/c1-10(16)15-12-6-4-5-11(9-12)13-7-2-3-8-14-13/h2-9H,1H3,(H,15,16). The maximum Gasteiger partial charge on any atom is 0.221 e. The highest BCUT2D eigenvalue weighted by Gasteiger charge is 2.00. The molecule has 0 aliphatic heterocycles. The fourth-order valence-electron chi connectivity index (χ4n) is 1.49. The molecule has 0 aliphatic rings. The van der Waals surface area contributed by atoms with Crippen molar-refractivity contribution in [2.45, 2.75) is 6.92 Å². The van der Waals surface area contributed by atoms with Crippen LogP contribution in [0.3, 0.4) is 0 Å². The lowest BCUT2D eigenvalue weighted by Crippen LogP contribution is -2.05. The minimum atomic E-state index is -0.0711. The van der Waals surface area contributed by atoms with E-state index in [0.29, 0.717) is 0 Å². The Bertz CT molecular complexity index is 494. The topological polar surface area (TPSA) is 42.0 Å². The van der Waals surface area contributed by atoms with E-state index in [-0.39, 0.29) is 5.91 Å². The second-order valence-electron chi connectivity index (χ2n) is 3.48. The lowest BCUT2D eigenvalue weighted by Gasteiger charge is -2.04. The van der Waals surface area contributed by atoms with E-state index < -0.39 is 0 Å². The van der Waals surface area contributed by atoms with Crippen molar-refractivity contribution in [1.82, 2.24) is 4.98 Å². The SMILES string of the molecule is CC(=O)Nc1cccc(-c2ccccn2)c1. The van der Waals surface area contributed by atoms with Crippen molar-refractivity contribution >= 4 is 11.6 Å². The molecular formula is C13H12N2O. The molecule has 0 fully saturated rings. The molecule has 16 heavy (non-hydrogen) atoms. The third-order valence-corrected chi connectivity index (χ3v) is 2.14. The number of nitrogens with one attached hydrogen (secondary N) is 1. The highest BCUT2D eigenvalue weighted by molar-refractivity contribution is 5.89. The van der Waals surface area contributed by atoms with Gasteiger partial charge in [-0.1, -0.05) is 18.2 Å². The summed E-state index contributed by atoms with van der Waals surface area (Å²) in [4.78, 5) is 15.2. The first-order valence-electron chi connectivity index (χ1n) is 5.05. The number of nitrogens with zero attached hydrogens (tertiary/aromatic N) is 1. The Morgan fingerprint density at radius 2 is 2.06 bits per heavy atom. The molecule has 0 atom stereocenters. The number of anilines is 1. The molecule has 3 heteroatoms. The molecule has 80 valence electrons. The lowest BCUT2D eigenvalue weighted by molar-refractivity contribution is -0.114. The second kappa shape index (κ2) is 4.57. The van der Waals surface area contributed by atoms with Crippen LogP contribution in [0.2, 0.25) is 0 Å². The van der Waals surface area contributed by atoms with Crippen LogP contribution in [-0.2, 0) is 4.79 Å². The van der Waals surface area contributed by atoms with Gasteiger partial charge >= 0.3 is 0 Å². The molecule has 0 bridgehead atoms. The number of hydrogen-bond donors (Lipinski definition) is 1. The molecule has 1 amide bonds. The van der Waals surface area contributed by atoms with Crippen LogP contribution in [0, 0.1) is 0 Å². The van der Waals surface area contributed by atoms with E-state index >= 15 is 0 Å². The van der Waals surface area contributed by atoms with Gasteiger partial charge in [-0.05, 0) is 24.3 Å². The fraction of sp³-hybridized carbons (Fsp3) is 0.0769. The summed E-state index contributed by atoms with van der Waals surface area (Å²) in [5.41, 5.74) is 2.68. The zero-order chi connectivity index (χ0) is 11.4. The van der Waals surface area contributed by atoms with Crippen LogP contribution >= 0.6 is 0 Å². The monoisotopic (exact) mass is 212 g/mol. The molecule has 1 aromatic carbocycles. The molecule has 1 N–H and O–H groups in total. The van der Waals surface area contributed by atoms with Crippen molar-refractivity contribution in [3.8, 4) is 11.3 Å². The number of rotatable bonds is 2. The van der Waals surface area contributed by atoms with E-state index in [0.717, 1.165) is 16.9 Å². The van der Waals surface area contributed by atoms with Gasteiger partial charge in [0.15, 0.2) is 0 Å². The Kier molecular flexibility index (Phi) is 2.96. The molecule has 3 nitrogen and oxygen atoms in total. The molecular weight excluding hydrogens is 200 g/mol. The third-order valence-electron chi connectivity index (χ3n) is 2.14. The first-order valence-corrected chi connectivity index (χ1v) is 5.05. The maximum atomic E-state index is 10.9. The van der Waals surface area contributed by atoms with Crippen molar-refractivity contribution in [3.63, 3.8) is 0 Å². The van der Waals surface area contributed by atoms with E-state index in [4.69, 9.17) is 0 Å². The van der Waals surface area contributed by atoms with Gasteiger partial charge < -0.3 is 5.32 Å². The molecule has 0 radical (unpaired) electrons. The van der Waals surface area contributed by atoms with Crippen LogP contribution in [0.25, 0.3) is 11.3 Å². The van der Waals surface area contributed by atoms with Gasteiger partial charge in [-0.15, -0.1) is 0 Å². The summed E-state index contributed by atoms with van der Waals surface area (Å²) < 4.78 is 0. The van der Waals surface area contributed by atoms with Gasteiger partial charge in [0.05, 0.1) is 5.69 Å². The molecule has 0 aliphatic carbocycles. The highest BCUT2D eigenvalue weighted by Crippen LogP contribution is 2.20. The van der Waals surface area contributed by atoms with Gasteiger partial charge in [0.2, 0.25) is 5.91 Å². The van der Waals surface area contributed by atoms with Crippen LogP contribution < -0.4 is 5.32 Å². The normalized spacial score (nSPS) is 9.81. The summed E-state index contributed by atoms with van der Waals surface area (Å²) in [5, 5.41) is 2.75. The van der Waals surface area contributed by atoms with Crippen molar-refractivity contribution < 1.29 is 4.79 Å². The van der Waals surface area contributed by atoms with Crippen molar-refractivity contribution in [2.75, 3.05) is 5.32 Å². The van der Waals surface area contributed by atoms with Gasteiger partial charge in [0, 0.05) is 24.4 Å². The second-order valence-corrected chi connectivity index (χ2v) is 3.48. The third kappa shape index (κ3) is 2.45. The number of aromatic nitrogens is 1. The molecule has 2 rings (SSSR count). The van der Waals surface area contributed by atoms with Crippen molar-refractivity contribution in [1.29, 1.82) is 0 Å². The van der Waals surface area contributed by atoms with Gasteiger partial charge in [0.1, 0.15) is 0 Å². The maximum absolute atomic E-state index is 10.9. The van der Waals surface area contributed by atoms with E-state index in [1.165, 1.54) is 6.92 Å². The van der Waals surface area contributed by atoms with E-state index in [9.17, 15) is 4.79 Å². The number of hydrogen-bond acceptors (Lipinski definition) is 2. The number of amides is 1. The number of carbonyl (C=O) groups excluding carboxylic acids is 1. The Balaban J connectivity index is 2.33. The first-order chi connectivity index (χ1) is 7.75. The Morgan fingerprint density at radius 3 is 2.75 bits per heavy atom. The Hall–Kier alpha value is -2.16. The van der Waals surface area contributed by atoms with Gasteiger partial charge in [-0.2, -0.15) is 0 Å². The molecule has 1 aromatic heterocycles. The minimum absolute atomic E-state index is 0.0711. The van der Waals surface area contributed by atoms with Crippen LogP contribution in [0.4, 0.5) is 5.69 Å². The fourth-order valence-corrected chi connectivity index (χ4v) is 1.49. The van der Waals surface area contributed by atoms with Gasteiger partial charge in [-0.25, -0.2) is 0 Å². The lowest BCUT2D eigenvalue weighted by atomic mass is 10.1. The average Bonchev–Trinajstić information content (AvgIpc) is 2.30. The Morgan fingerprint density at radius 1 is 1.19 bits per heavy atom. The molecule has 2 aromatic rings. The van der Waals surface area contributed by atoms with Gasteiger partial charge in [-0.3, -0.25) is 9.78 Å². The summed E-state index contributed by atoms with van der Waals surface area (Å²) in [5.74, 6) is -0.0711. The van der Waals surface area contributed by atoms with Crippen LogP contribution in [0.5, 0.6) is 0 Å². The quantitative estimate of drug-likeness (QED) is 0.831. The predicted octanol–water partition coefficient (Wildman–Crippen LogP) is 2.71. The summed E-state index contributed by atoms with van der Waals surface area (Å²) in [6, 6.07) is 13.4. The molecule has 0 spiro atoms. The molecule has 1 heterocycles. The molecule has 0 saturated heterocycles. The zero-order valence-electron chi connectivity index (χ0n) is 8.97. The smallest absolute Gasteiger partial charge is 0.221 e. The van der Waals surface area contributed by atoms with E-state index in [1.54, 1.807) is 6.20 Å². The summed E-state index contributed by atoms with van der Waals surface area (Å²) >= 11 is 0. The number of benzene rings is 1. The van der Waals surface area contributed by atoms with Crippen LogP contribution in [0.1, 0.15) is 6.92 Å². The van der Waals surface area contributed by atoms with E-state index in [1.807, 2.05) is 42.5 Å². The van der Waals surface area contributed by atoms with Crippen molar-refractivity contribution in [2.24, 2.45) is 0 Å². The largest absolute Gasteiger partial charge is 0.326 e. The van der Waals surface area contributed by atoms with Gasteiger partial charge in [0.25, 0.3) is 0 Å². The predicted molar refractivity (Wildman–Crippen MR) is 64.0 cm³/mol. The molecule has 0 saturated carbocycles. The number of pyridine rings is 1. The summed E-state index contributed by atoms with van der Waals surface area (Å²) in [6.07, 6.45) is 1.75. The summed E-state index contributed by atoms with van der Waals surface area (Å²) in [7, 11) is 0. The van der Waals surface area contributed by atoms with Crippen LogP contribution in [0.15, 0.2) is 48.7 Å². The molecule has 0 unspecified atom stereocenters. The first kappa shape index (κ1) is 10.4. The van der Waals surface area contributed by atoms with Crippen LogP contribution in [-0.4, -0.2) is 10.9 Å². The van der Waals surface area contributed by atoms with Crippen molar-refractivity contribution in [3.05, 3.63) is 48.7 Å². The zero-order valence-corrected chi connectivity index (χ0v) is 8.97. The summed E-state index contributed by atoms with van der Waals surface area (Å²) in [6.45, 7) is 1.49. The highest BCUT2D eigenvalue weighted by atomic mass is 16.1. The van der Waals surface area contributed by atoms with E-state index in [2.05, 4.69) is 10.3 Å².